The average molecular weight is 284 g/mol. The summed E-state index contributed by atoms with van der Waals surface area (Å²) in [6, 6.07) is 2.10. The number of carbonyl (C=O) groups excluding carboxylic acids is 1. The number of hydrogen-bond acceptors (Lipinski definition) is 5. The molecule has 2 N–H and O–H groups in total. The molecule has 0 radical (unpaired) electrons. The molecule has 0 saturated carbocycles. The number of ether oxygens (including phenoxy) is 1. The first-order valence-corrected chi connectivity index (χ1v) is 6.87. The predicted octanol–water partition coefficient (Wildman–Crippen LogP) is 1.54. The first-order valence-electron chi connectivity index (χ1n) is 6.87. The van der Waals surface area contributed by atoms with E-state index in [1.807, 2.05) is 6.92 Å². The van der Waals surface area contributed by atoms with Crippen molar-refractivity contribution in [3.63, 3.8) is 0 Å². The number of aryl methyl sites for hydroxylation is 2. The van der Waals surface area contributed by atoms with Gasteiger partial charge in [0.15, 0.2) is 5.78 Å². The maximum absolute atomic E-state index is 12.4. The Balaban J connectivity index is 2.25. The quantitative estimate of drug-likeness (QED) is 0.844. The van der Waals surface area contributed by atoms with Gasteiger partial charge < -0.3 is 10.5 Å². The minimum absolute atomic E-state index is 0.0297. The van der Waals surface area contributed by atoms with E-state index in [0.717, 1.165) is 17.7 Å². The summed E-state index contributed by atoms with van der Waals surface area (Å²) in [6.07, 6.45) is 3.63. The van der Waals surface area contributed by atoms with Crippen LogP contribution in [0.5, 0.6) is 0 Å². The molecule has 0 bridgehead atoms. The van der Waals surface area contributed by atoms with Crippen LogP contribution in [0.25, 0.3) is 0 Å². The van der Waals surface area contributed by atoms with Crippen molar-refractivity contribution >= 4 is 5.78 Å². The van der Waals surface area contributed by atoms with Gasteiger partial charge in [0.2, 0.25) is 5.88 Å². The highest BCUT2D eigenvalue weighted by Crippen LogP contribution is 2.43. The number of allylic oxidation sites excluding steroid dienone is 3. The van der Waals surface area contributed by atoms with E-state index in [-0.39, 0.29) is 17.2 Å². The second kappa shape index (κ2) is 4.77. The SMILES string of the molecule is Cc1cnn(C)c1[C@H]1C(C#N)=C(N)OC2=C1C(=O)CCC2. The topological polar surface area (TPSA) is 93.9 Å². The van der Waals surface area contributed by atoms with E-state index in [0.29, 0.717) is 24.2 Å². The van der Waals surface area contributed by atoms with E-state index >= 15 is 0 Å². The third-order valence-electron chi connectivity index (χ3n) is 4.06. The predicted molar refractivity (Wildman–Crippen MR) is 74.5 cm³/mol. The number of hydrogen-bond donors (Lipinski definition) is 1. The Morgan fingerprint density at radius 3 is 2.90 bits per heavy atom. The lowest BCUT2D eigenvalue weighted by molar-refractivity contribution is -0.116. The molecular formula is C15H16N4O2. The van der Waals surface area contributed by atoms with E-state index in [1.165, 1.54) is 0 Å². The molecule has 2 heterocycles. The standard InChI is InChI=1S/C15H16N4O2/c1-8-7-18-19(2)14(8)12-9(6-16)15(17)21-11-5-3-4-10(20)13(11)12/h7,12H,3-5,17H2,1-2H3/t12-/m0/s1. The van der Waals surface area contributed by atoms with Crippen molar-refractivity contribution in [3.8, 4) is 6.07 Å². The zero-order valence-corrected chi connectivity index (χ0v) is 12.0. The van der Waals surface area contributed by atoms with Gasteiger partial charge in [0, 0.05) is 25.5 Å². The molecule has 0 fully saturated rings. The van der Waals surface area contributed by atoms with Crippen molar-refractivity contribution in [1.29, 1.82) is 5.26 Å². The van der Waals surface area contributed by atoms with Crippen molar-refractivity contribution in [2.45, 2.75) is 32.1 Å². The summed E-state index contributed by atoms with van der Waals surface area (Å²) in [5.74, 6) is 0.256. The van der Waals surface area contributed by atoms with Crippen LogP contribution in [0.3, 0.4) is 0 Å². The summed E-state index contributed by atoms with van der Waals surface area (Å²) in [5, 5.41) is 13.7. The van der Waals surface area contributed by atoms with Gasteiger partial charge in [-0.1, -0.05) is 0 Å². The maximum atomic E-state index is 12.4. The lowest BCUT2D eigenvalue weighted by atomic mass is 9.79. The Bertz CT molecular complexity index is 714. The smallest absolute Gasteiger partial charge is 0.205 e. The molecule has 0 unspecified atom stereocenters. The zero-order valence-electron chi connectivity index (χ0n) is 12.0. The second-order valence-electron chi connectivity index (χ2n) is 5.37. The number of aromatic nitrogens is 2. The molecule has 1 aliphatic heterocycles. The molecule has 3 rings (SSSR count). The van der Waals surface area contributed by atoms with Gasteiger partial charge in [0.1, 0.15) is 17.4 Å². The van der Waals surface area contributed by atoms with Crippen LogP contribution in [0.15, 0.2) is 29.0 Å². The largest absolute Gasteiger partial charge is 0.444 e. The highest BCUT2D eigenvalue weighted by Gasteiger charge is 2.39. The number of nitrogens with two attached hydrogens (primary N) is 1. The normalized spacial score (nSPS) is 22.0. The van der Waals surface area contributed by atoms with E-state index < -0.39 is 5.92 Å². The first-order chi connectivity index (χ1) is 10.0. The van der Waals surface area contributed by atoms with Gasteiger partial charge in [0.05, 0.1) is 17.8 Å². The Kier molecular flexibility index (Phi) is 3.05. The Labute approximate surface area is 122 Å². The molecule has 6 heteroatoms. The average Bonchev–Trinajstić information content (AvgIpc) is 2.77. The minimum Gasteiger partial charge on any atom is -0.444 e. The molecule has 108 valence electrons. The molecule has 0 saturated heterocycles. The number of ketones is 1. The zero-order chi connectivity index (χ0) is 15.1. The number of nitriles is 1. The molecule has 1 aliphatic carbocycles. The summed E-state index contributed by atoms with van der Waals surface area (Å²) >= 11 is 0. The van der Waals surface area contributed by atoms with Crippen molar-refractivity contribution in [2.24, 2.45) is 12.8 Å². The van der Waals surface area contributed by atoms with E-state index in [4.69, 9.17) is 10.5 Å². The molecular weight excluding hydrogens is 268 g/mol. The minimum atomic E-state index is -0.473. The van der Waals surface area contributed by atoms with Crippen LogP contribution in [0, 0.1) is 18.3 Å². The van der Waals surface area contributed by atoms with Crippen molar-refractivity contribution in [3.05, 3.63) is 40.2 Å². The number of Topliss-reactive ketones (excluding diaryl/α,β-unsaturated/α-hetero) is 1. The molecule has 0 spiro atoms. The molecule has 1 aromatic heterocycles. The summed E-state index contributed by atoms with van der Waals surface area (Å²) in [4.78, 5) is 12.4. The Morgan fingerprint density at radius 1 is 1.52 bits per heavy atom. The van der Waals surface area contributed by atoms with Crippen molar-refractivity contribution < 1.29 is 9.53 Å². The van der Waals surface area contributed by atoms with Gasteiger partial charge >= 0.3 is 0 Å². The highest BCUT2D eigenvalue weighted by molar-refractivity contribution is 5.99. The molecule has 0 amide bonds. The molecule has 1 aromatic rings. The third-order valence-corrected chi connectivity index (χ3v) is 4.06. The van der Waals surface area contributed by atoms with E-state index in [9.17, 15) is 10.1 Å². The first kappa shape index (κ1) is 13.4. The van der Waals surface area contributed by atoms with Gasteiger partial charge in [-0.05, 0) is 18.9 Å². The van der Waals surface area contributed by atoms with Gasteiger partial charge in [-0.15, -0.1) is 0 Å². The second-order valence-corrected chi connectivity index (χ2v) is 5.37. The number of rotatable bonds is 1. The lowest BCUT2D eigenvalue weighted by Gasteiger charge is -2.31. The molecule has 1 atom stereocenters. The third kappa shape index (κ3) is 1.93. The summed E-state index contributed by atoms with van der Waals surface area (Å²) in [5.41, 5.74) is 8.50. The van der Waals surface area contributed by atoms with Crippen LogP contribution in [-0.4, -0.2) is 15.6 Å². The lowest BCUT2D eigenvalue weighted by Crippen LogP contribution is -2.28. The van der Waals surface area contributed by atoms with Gasteiger partial charge in [-0.25, -0.2) is 0 Å². The van der Waals surface area contributed by atoms with Gasteiger partial charge in [-0.2, -0.15) is 10.4 Å². The number of carbonyl (C=O) groups is 1. The fourth-order valence-electron chi connectivity index (χ4n) is 3.10. The number of nitrogens with zero attached hydrogens (tertiary/aromatic N) is 3. The fraction of sp³-hybridized carbons (Fsp3) is 0.400. The van der Waals surface area contributed by atoms with Crippen LogP contribution in [0.1, 0.15) is 36.4 Å². The summed E-state index contributed by atoms with van der Waals surface area (Å²) in [6.45, 7) is 1.91. The highest BCUT2D eigenvalue weighted by atomic mass is 16.5. The maximum Gasteiger partial charge on any atom is 0.205 e. The van der Waals surface area contributed by atoms with Crippen LogP contribution < -0.4 is 5.73 Å². The van der Waals surface area contributed by atoms with Crippen LogP contribution in [-0.2, 0) is 16.6 Å². The monoisotopic (exact) mass is 284 g/mol. The Morgan fingerprint density at radius 2 is 2.29 bits per heavy atom. The van der Waals surface area contributed by atoms with E-state index in [2.05, 4.69) is 11.2 Å². The Hall–Kier alpha value is -2.55. The molecule has 2 aliphatic rings. The van der Waals surface area contributed by atoms with Crippen LogP contribution >= 0.6 is 0 Å². The van der Waals surface area contributed by atoms with Gasteiger partial charge in [0.25, 0.3) is 0 Å². The summed E-state index contributed by atoms with van der Waals surface area (Å²) < 4.78 is 7.23. The molecule has 21 heavy (non-hydrogen) atoms. The van der Waals surface area contributed by atoms with Crippen LogP contribution in [0.4, 0.5) is 0 Å². The molecule has 6 nitrogen and oxygen atoms in total. The van der Waals surface area contributed by atoms with Gasteiger partial charge in [-0.3, -0.25) is 9.48 Å². The summed E-state index contributed by atoms with van der Waals surface area (Å²) in [7, 11) is 1.80. The van der Waals surface area contributed by atoms with E-state index in [1.54, 1.807) is 17.9 Å². The molecule has 0 aromatic carbocycles. The van der Waals surface area contributed by atoms with Crippen molar-refractivity contribution in [1.82, 2.24) is 9.78 Å². The van der Waals surface area contributed by atoms with Crippen LogP contribution in [0.2, 0.25) is 0 Å². The van der Waals surface area contributed by atoms with Crippen molar-refractivity contribution in [2.75, 3.05) is 0 Å². The fourth-order valence-corrected chi connectivity index (χ4v) is 3.10.